The summed E-state index contributed by atoms with van der Waals surface area (Å²) in [5, 5.41) is 0. The zero-order valence-corrected chi connectivity index (χ0v) is 12.1. The summed E-state index contributed by atoms with van der Waals surface area (Å²) in [6.45, 7) is 2.95. The average Bonchev–Trinajstić information content (AvgIpc) is 2.41. The first-order valence-corrected chi connectivity index (χ1v) is 7.79. The molecule has 2 N–H and O–H groups in total. The van der Waals surface area contributed by atoms with Crippen molar-refractivity contribution in [1.29, 1.82) is 0 Å². The molecule has 0 bridgehead atoms. The molecule has 5 nitrogen and oxygen atoms in total. The highest BCUT2D eigenvalue weighted by Crippen LogP contribution is 2.25. The van der Waals surface area contributed by atoms with Gasteiger partial charge in [0.2, 0.25) is 10.0 Å². The molecule has 1 aromatic rings. The second-order valence-corrected chi connectivity index (χ2v) is 6.91. The van der Waals surface area contributed by atoms with Crippen molar-refractivity contribution >= 4 is 10.0 Å². The molecule has 6 heteroatoms. The van der Waals surface area contributed by atoms with E-state index in [-0.39, 0.29) is 10.9 Å². The van der Waals surface area contributed by atoms with Gasteiger partial charge in [-0.15, -0.1) is 0 Å². The molecule has 2 unspecified atom stereocenters. The Morgan fingerprint density at radius 2 is 2.16 bits per heavy atom. The lowest BCUT2D eigenvalue weighted by Gasteiger charge is -2.34. The van der Waals surface area contributed by atoms with Crippen molar-refractivity contribution < 1.29 is 13.2 Å². The van der Waals surface area contributed by atoms with Gasteiger partial charge in [0.15, 0.2) is 0 Å². The van der Waals surface area contributed by atoms with Crippen molar-refractivity contribution in [2.75, 3.05) is 20.2 Å². The van der Waals surface area contributed by atoms with E-state index in [1.54, 1.807) is 24.3 Å². The third kappa shape index (κ3) is 2.91. The fourth-order valence-electron chi connectivity index (χ4n) is 2.20. The third-order valence-electron chi connectivity index (χ3n) is 3.66. The highest BCUT2D eigenvalue weighted by molar-refractivity contribution is 7.89. The van der Waals surface area contributed by atoms with Gasteiger partial charge in [-0.1, -0.05) is 13.0 Å². The topological polar surface area (TPSA) is 72.6 Å². The molecule has 19 heavy (non-hydrogen) atoms. The predicted octanol–water partition coefficient (Wildman–Crippen LogP) is 1.05. The van der Waals surface area contributed by atoms with E-state index in [4.69, 9.17) is 10.5 Å². The van der Waals surface area contributed by atoms with Gasteiger partial charge in [-0.3, -0.25) is 0 Å². The lowest BCUT2D eigenvalue weighted by molar-refractivity contribution is 0.253. The van der Waals surface area contributed by atoms with Gasteiger partial charge < -0.3 is 10.5 Å². The van der Waals surface area contributed by atoms with E-state index >= 15 is 0 Å². The molecule has 0 saturated carbocycles. The van der Waals surface area contributed by atoms with Gasteiger partial charge in [0.25, 0.3) is 0 Å². The van der Waals surface area contributed by atoms with Crippen LogP contribution in [0.1, 0.15) is 13.3 Å². The van der Waals surface area contributed by atoms with Gasteiger partial charge in [0.1, 0.15) is 5.75 Å². The molecule has 1 aliphatic rings. The van der Waals surface area contributed by atoms with Crippen LogP contribution >= 0.6 is 0 Å². The smallest absolute Gasteiger partial charge is 0.243 e. The van der Waals surface area contributed by atoms with E-state index < -0.39 is 10.0 Å². The van der Waals surface area contributed by atoms with Crippen LogP contribution in [0.25, 0.3) is 0 Å². The standard InChI is InChI=1S/C13H20N2O3S/c1-10-6-7-15(9-13(10)14)19(16,17)12-5-3-4-11(8-12)18-2/h3-5,8,10,13H,6-7,9,14H2,1-2H3. The molecule has 2 atom stereocenters. The Morgan fingerprint density at radius 3 is 2.79 bits per heavy atom. The average molecular weight is 284 g/mol. The molecule has 1 saturated heterocycles. The summed E-state index contributed by atoms with van der Waals surface area (Å²) < 4.78 is 31.6. The van der Waals surface area contributed by atoms with Gasteiger partial charge in [-0.2, -0.15) is 4.31 Å². The zero-order chi connectivity index (χ0) is 14.0. The first-order valence-electron chi connectivity index (χ1n) is 6.35. The lowest BCUT2D eigenvalue weighted by Crippen LogP contribution is -2.49. The number of sulfonamides is 1. The third-order valence-corrected chi connectivity index (χ3v) is 5.52. The first-order chi connectivity index (χ1) is 8.95. The fourth-order valence-corrected chi connectivity index (χ4v) is 3.73. The fraction of sp³-hybridized carbons (Fsp3) is 0.538. The van der Waals surface area contributed by atoms with Gasteiger partial charge >= 0.3 is 0 Å². The second kappa shape index (κ2) is 5.48. The van der Waals surface area contributed by atoms with Gasteiger partial charge in [0, 0.05) is 25.2 Å². The van der Waals surface area contributed by atoms with Crippen LogP contribution in [0.4, 0.5) is 0 Å². The number of hydrogen-bond acceptors (Lipinski definition) is 4. The predicted molar refractivity (Wildman–Crippen MR) is 73.5 cm³/mol. The number of methoxy groups -OCH3 is 1. The van der Waals surface area contributed by atoms with Gasteiger partial charge in [-0.25, -0.2) is 8.42 Å². The molecule has 0 aliphatic carbocycles. The molecule has 0 aromatic heterocycles. The molecule has 1 aliphatic heterocycles. The summed E-state index contributed by atoms with van der Waals surface area (Å²) in [6, 6.07) is 6.43. The quantitative estimate of drug-likeness (QED) is 0.900. The molecule has 0 amide bonds. The van der Waals surface area contributed by atoms with Crippen LogP contribution in [0.5, 0.6) is 5.75 Å². The Kier molecular flexibility index (Phi) is 4.13. The van der Waals surface area contributed by atoms with Crippen molar-refractivity contribution in [3.63, 3.8) is 0 Å². The summed E-state index contributed by atoms with van der Waals surface area (Å²) in [4.78, 5) is 0.258. The number of nitrogens with zero attached hydrogens (tertiary/aromatic N) is 1. The Morgan fingerprint density at radius 1 is 1.42 bits per heavy atom. The van der Waals surface area contributed by atoms with Crippen LogP contribution in [0, 0.1) is 5.92 Å². The number of piperidine rings is 1. The summed E-state index contributed by atoms with van der Waals surface area (Å²) in [5.41, 5.74) is 5.97. The molecular weight excluding hydrogens is 264 g/mol. The summed E-state index contributed by atoms with van der Waals surface area (Å²) in [6.07, 6.45) is 0.796. The zero-order valence-electron chi connectivity index (χ0n) is 11.2. The summed E-state index contributed by atoms with van der Waals surface area (Å²) in [7, 11) is -1.96. The normalized spacial score (nSPS) is 25.2. The molecule has 2 rings (SSSR count). The van der Waals surface area contributed by atoms with Crippen LogP contribution in [0.15, 0.2) is 29.2 Å². The minimum atomic E-state index is -3.48. The molecule has 0 radical (unpaired) electrons. The van der Waals surface area contributed by atoms with Crippen LogP contribution in [-0.2, 0) is 10.0 Å². The largest absolute Gasteiger partial charge is 0.497 e. The minimum Gasteiger partial charge on any atom is -0.497 e. The van der Waals surface area contributed by atoms with E-state index in [1.807, 2.05) is 0 Å². The van der Waals surface area contributed by atoms with Gasteiger partial charge in [-0.05, 0) is 24.5 Å². The number of nitrogens with two attached hydrogens (primary N) is 1. The van der Waals surface area contributed by atoms with Crippen molar-refractivity contribution in [2.45, 2.75) is 24.3 Å². The molecular formula is C13H20N2O3S. The number of ether oxygens (including phenoxy) is 1. The van der Waals surface area contributed by atoms with Crippen molar-refractivity contribution in [1.82, 2.24) is 4.31 Å². The van der Waals surface area contributed by atoms with E-state index in [2.05, 4.69) is 6.92 Å². The summed E-state index contributed by atoms with van der Waals surface area (Å²) >= 11 is 0. The number of benzene rings is 1. The maximum absolute atomic E-state index is 12.5. The maximum Gasteiger partial charge on any atom is 0.243 e. The van der Waals surface area contributed by atoms with Crippen LogP contribution in [-0.4, -0.2) is 39.0 Å². The van der Waals surface area contributed by atoms with E-state index in [9.17, 15) is 8.42 Å². The molecule has 106 valence electrons. The Hall–Kier alpha value is -1.11. The van der Waals surface area contributed by atoms with Crippen molar-refractivity contribution in [2.24, 2.45) is 11.7 Å². The second-order valence-electron chi connectivity index (χ2n) is 4.97. The Balaban J connectivity index is 2.27. The molecule has 1 heterocycles. The number of rotatable bonds is 3. The molecule has 1 fully saturated rings. The number of hydrogen-bond donors (Lipinski definition) is 1. The lowest BCUT2D eigenvalue weighted by atomic mass is 9.96. The van der Waals surface area contributed by atoms with Crippen LogP contribution in [0.3, 0.4) is 0 Å². The van der Waals surface area contributed by atoms with E-state index in [0.29, 0.717) is 24.8 Å². The van der Waals surface area contributed by atoms with Crippen molar-refractivity contribution in [3.05, 3.63) is 24.3 Å². The Bertz CT molecular complexity index is 545. The highest BCUT2D eigenvalue weighted by atomic mass is 32.2. The highest BCUT2D eigenvalue weighted by Gasteiger charge is 2.32. The van der Waals surface area contributed by atoms with Crippen molar-refractivity contribution in [3.8, 4) is 5.75 Å². The summed E-state index contributed by atoms with van der Waals surface area (Å²) in [5.74, 6) is 0.896. The minimum absolute atomic E-state index is 0.103. The Labute approximate surface area is 114 Å². The molecule has 0 spiro atoms. The van der Waals surface area contributed by atoms with E-state index in [1.165, 1.54) is 11.4 Å². The first kappa shape index (κ1) is 14.3. The maximum atomic E-state index is 12.5. The van der Waals surface area contributed by atoms with Gasteiger partial charge in [0.05, 0.1) is 12.0 Å². The monoisotopic (exact) mass is 284 g/mol. The van der Waals surface area contributed by atoms with Crippen LogP contribution in [0.2, 0.25) is 0 Å². The molecule has 1 aromatic carbocycles. The SMILES string of the molecule is COc1cccc(S(=O)(=O)N2CCC(C)C(N)C2)c1. The van der Waals surface area contributed by atoms with E-state index in [0.717, 1.165) is 6.42 Å². The van der Waals surface area contributed by atoms with Crippen LogP contribution < -0.4 is 10.5 Å².